The van der Waals surface area contributed by atoms with Gasteiger partial charge in [-0.3, -0.25) is 0 Å². The first kappa shape index (κ1) is 21.5. The molecule has 25 heavy (non-hydrogen) atoms. The topological polar surface area (TPSA) is 68.1 Å². The van der Waals surface area contributed by atoms with E-state index in [0.717, 1.165) is 15.1 Å². The number of ether oxygens (including phenoxy) is 1. The van der Waals surface area contributed by atoms with Crippen molar-refractivity contribution in [2.24, 2.45) is 5.41 Å². The third-order valence-electron chi connectivity index (χ3n) is 4.48. The second-order valence-electron chi connectivity index (χ2n) is 7.74. The molecule has 1 aromatic heterocycles. The van der Waals surface area contributed by atoms with Crippen molar-refractivity contribution in [3.63, 3.8) is 0 Å². The van der Waals surface area contributed by atoms with Gasteiger partial charge in [-0.25, -0.2) is 0 Å². The van der Waals surface area contributed by atoms with Gasteiger partial charge in [-0.05, 0) is 69.0 Å². The van der Waals surface area contributed by atoms with Gasteiger partial charge in [0.05, 0.1) is 32.4 Å². The van der Waals surface area contributed by atoms with Crippen LogP contribution in [0.1, 0.15) is 51.8 Å². The highest BCUT2D eigenvalue weighted by atomic mass is 79.9. The Balaban J connectivity index is 2.29. The van der Waals surface area contributed by atoms with E-state index < -0.39 is 27.1 Å². The first-order valence-corrected chi connectivity index (χ1v) is 11.3. The highest BCUT2D eigenvalue weighted by molar-refractivity contribution is 9.11. The maximum absolute atomic E-state index is 12.8. The van der Waals surface area contributed by atoms with Crippen LogP contribution in [0.4, 0.5) is 0 Å². The summed E-state index contributed by atoms with van der Waals surface area (Å²) in [6.45, 7) is 8.90. The number of thiophene rings is 1. The van der Waals surface area contributed by atoms with E-state index in [9.17, 15) is 9.81 Å². The number of nitriles is 1. The SMILES string of the molecule is CC(CCC1(C#N)CCOC1)(N[S+]([O-])C(C)(C)C)c1sc(Br)cc1Cl. The highest BCUT2D eigenvalue weighted by Crippen LogP contribution is 2.44. The summed E-state index contributed by atoms with van der Waals surface area (Å²) < 4.78 is 22.1. The van der Waals surface area contributed by atoms with Crippen LogP contribution in [0.15, 0.2) is 9.85 Å². The molecule has 1 aliphatic rings. The van der Waals surface area contributed by atoms with E-state index in [1.165, 1.54) is 11.3 Å². The van der Waals surface area contributed by atoms with Gasteiger partial charge < -0.3 is 9.29 Å². The molecule has 1 aromatic rings. The molecule has 0 aromatic carbocycles. The molecule has 0 bridgehead atoms. The fourth-order valence-corrected chi connectivity index (χ4v) is 5.96. The van der Waals surface area contributed by atoms with E-state index in [0.29, 0.717) is 31.1 Å². The Morgan fingerprint density at radius 1 is 1.52 bits per heavy atom. The van der Waals surface area contributed by atoms with Gasteiger partial charge in [0.15, 0.2) is 0 Å². The molecule has 1 aliphatic heterocycles. The third-order valence-corrected chi connectivity index (χ3v) is 8.54. The number of hydrogen-bond donors (Lipinski definition) is 1. The van der Waals surface area contributed by atoms with Gasteiger partial charge in [0.25, 0.3) is 0 Å². The van der Waals surface area contributed by atoms with E-state index in [2.05, 4.69) is 26.7 Å². The van der Waals surface area contributed by atoms with Crippen molar-refractivity contribution in [1.82, 2.24) is 4.72 Å². The van der Waals surface area contributed by atoms with Crippen LogP contribution >= 0.6 is 38.9 Å². The van der Waals surface area contributed by atoms with E-state index in [1.807, 2.05) is 33.8 Å². The molecule has 2 rings (SSSR count). The van der Waals surface area contributed by atoms with Gasteiger partial charge in [-0.1, -0.05) is 11.6 Å². The molecule has 0 spiro atoms. The van der Waals surface area contributed by atoms with Gasteiger partial charge >= 0.3 is 0 Å². The lowest BCUT2D eigenvalue weighted by Crippen LogP contribution is -2.50. The monoisotopic (exact) mass is 466 g/mol. The predicted octanol–water partition coefficient (Wildman–Crippen LogP) is 5.14. The molecule has 0 radical (unpaired) electrons. The summed E-state index contributed by atoms with van der Waals surface area (Å²) in [7, 11) is 0. The first-order chi connectivity index (χ1) is 11.5. The molecule has 2 heterocycles. The van der Waals surface area contributed by atoms with Gasteiger partial charge in [0, 0.05) is 22.8 Å². The Hall–Kier alpha value is 0.190. The molecule has 1 saturated heterocycles. The molecular formula is C17H24BrClN2O2S2. The smallest absolute Gasteiger partial charge is 0.136 e. The van der Waals surface area contributed by atoms with Gasteiger partial charge in [-0.2, -0.15) is 5.26 Å². The van der Waals surface area contributed by atoms with Crippen molar-refractivity contribution in [2.75, 3.05) is 13.2 Å². The molecule has 1 fully saturated rings. The Morgan fingerprint density at radius 2 is 2.20 bits per heavy atom. The lowest BCUT2D eigenvalue weighted by Gasteiger charge is -2.36. The lowest BCUT2D eigenvalue weighted by atomic mass is 9.80. The number of nitrogens with zero attached hydrogens (tertiary/aromatic N) is 1. The summed E-state index contributed by atoms with van der Waals surface area (Å²) in [5, 5.41) is 10.3. The van der Waals surface area contributed by atoms with Crippen molar-refractivity contribution >= 4 is 50.2 Å². The average molecular weight is 468 g/mol. The van der Waals surface area contributed by atoms with Crippen molar-refractivity contribution in [3.8, 4) is 6.07 Å². The van der Waals surface area contributed by atoms with E-state index >= 15 is 0 Å². The minimum absolute atomic E-state index is 0.397. The third kappa shape index (κ3) is 5.13. The standard InChI is InChI=1S/C17H24BrClN2O2S2/c1-15(2,3)25(22)21-16(4,14-12(19)9-13(18)24-14)5-6-17(10-20)7-8-23-11-17/h9,21H,5-8,11H2,1-4H3. The Bertz CT molecular complexity index is 650. The predicted molar refractivity (Wildman–Crippen MR) is 108 cm³/mol. The second kappa shape index (κ2) is 8.05. The van der Waals surface area contributed by atoms with Crippen LogP contribution in [-0.4, -0.2) is 22.5 Å². The van der Waals surface area contributed by atoms with Crippen LogP contribution in [0.5, 0.6) is 0 Å². The molecule has 1 N–H and O–H groups in total. The zero-order chi connectivity index (χ0) is 18.9. The Morgan fingerprint density at radius 3 is 2.64 bits per heavy atom. The quantitative estimate of drug-likeness (QED) is 0.588. The summed E-state index contributed by atoms with van der Waals surface area (Å²) in [5.74, 6) is 0. The molecule has 0 saturated carbocycles. The molecule has 4 nitrogen and oxygen atoms in total. The van der Waals surface area contributed by atoms with Crippen molar-refractivity contribution in [2.45, 2.75) is 57.2 Å². The van der Waals surface area contributed by atoms with Crippen LogP contribution in [0, 0.1) is 16.7 Å². The van der Waals surface area contributed by atoms with E-state index in [1.54, 1.807) is 0 Å². The maximum Gasteiger partial charge on any atom is 0.136 e. The van der Waals surface area contributed by atoms with Crippen molar-refractivity contribution in [1.29, 1.82) is 5.26 Å². The zero-order valence-corrected chi connectivity index (χ0v) is 18.9. The maximum atomic E-state index is 12.8. The van der Waals surface area contributed by atoms with Gasteiger partial charge in [0.1, 0.15) is 4.75 Å². The Labute approximate surface area is 170 Å². The lowest BCUT2D eigenvalue weighted by molar-refractivity contribution is 0.163. The molecular weight excluding hydrogens is 444 g/mol. The summed E-state index contributed by atoms with van der Waals surface area (Å²) in [5.41, 5.74) is -1.05. The number of nitrogens with one attached hydrogen (secondary N) is 1. The van der Waals surface area contributed by atoms with Crippen LogP contribution in [0.25, 0.3) is 0 Å². The summed E-state index contributed by atoms with van der Waals surface area (Å²) in [4.78, 5) is 0.936. The largest absolute Gasteiger partial charge is 0.598 e. The minimum Gasteiger partial charge on any atom is -0.598 e. The number of halogens is 2. The normalized spacial score (nSPS) is 24.7. The summed E-state index contributed by atoms with van der Waals surface area (Å²) in [6, 6.07) is 4.30. The Kier molecular flexibility index (Phi) is 6.92. The zero-order valence-electron chi connectivity index (χ0n) is 14.9. The molecule has 0 amide bonds. The molecule has 3 unspecified atom stereocenters. The summed E-state index contributed by atoms with van der Waals surface area (Å²) in [6.07, 6.45) is 2.06. The van der Waals surface area contributed by atoms with Crippen LogP contribution in [0.2, 0.25) is 5.02 Å². The fourth-order valence-electron chi connectivity index (χ4n) is 2.72. The molecule has 8 heteroatoms. The van der Waals surface area contributed by atoms with E-state index in [4.69, 9.17) is 16.3 Å². The van der Waals surface area contributed by atoms with Crippen LogP contribution in [-0.2, 0) is 21.6 Å². The van der Waals surface area contributed by atoms with E-state index in [-0.39, 0.29) is 0 Å². The molecule has 3 atom stereocenters. The fraction of sp³-hybridized carbons (Fsp3) is 0.706. The molecule has 140 valence electrons. The average Bonchev–Trinajstić information content (AvgIpc) is 3.11. The minimum atomic E-state index is -1.26. The van der Waals surface area contributed by atoms with Gasteiger partial charge in [0.2, 0.25) is 0 Å². The number of rotatable bonds is 6. The second-order valence-corrected chi connectivity index (χ2v) is 12.5. The number of hydrogen-bond acceptors (Lipinski definition) is 5. The van der Waals surface area contributed by atoms with Crippen molar-refractivity contribution < 1.29 is 9.29 Å². The van der Waals surface area contributed by atoms with Crippen LogP contribution < -0.4 is 4.72 Å². The highest BCUT2D eigenvalue weighted by Gasteiger charge is 2.43. The first-order valence-electron chi connectivity index (χ1n) is 8.15. The van der Waals surface area contributed by atoms with Crippen LogP contribution in [0.3, 0.4) is 0 Å². The summed E-state index contributed by atoms with van der Waals surface area (Å²) >= 11 is 10.2. The van der Waals surface area contributed by atoms with Gasteiger partial charge in [-0.15, -0.1) is 16.1 Å². The molecule has 0 aliphatic carbocycles. The van der Waals surface area contributed by atoms with Crippen molar-refractivity contribution in [3.05, 3.63) is 19.8 Å².